The minimum absolute atomic E-state index is 0.344. The van der Waals surface area contributed by atoms with Crippen LogP contribution in [0.3, 0.4) is 0 Å². The number of hydrogen-bond donors (Lipinski definition) is 2. The molecule has 1 fully saturated rings. The van der Waals surface area contributed by atoms with Gasteiger partial charge in [0.05, 0.1) is 0 Å². The summed E-state index contributed by atoms with van der Waals surface area (Å²) < 4.78 is 0. The highest BCUT2D eigenvalue weighted by molar-refractivity contribution is 7.14. The molecule has 1 aromatic heterocycles. The van der Waals surface area contributed by atoms with E-state index < -0.39 is 0 Å². The maximum absolute atomic E-state index is 5.76. The second-order valence-electron chi connectivity index (χ2n) is 4.42. The van der Waals surface area contributed by atoms with Crippen LogP contribution in [0.2, 0.25) is 5.15 Å². The molecule has 0 aromatic carbocycles. The predicted octanol–water partition coefficient (Wildman–Crippen LogP) is 2.60. The van der Waals surface area contributed by atoms with Gasteiger partial charge in [-0.1, -0.05) is 18.5 Å². The fourth-order valence-corrected chi connectivity index (χ4v) is 2.73. The van der Waals surface area contributed by atoms with Gasteiger partial charge in [0, 0.05) is 18.5 Å². The molecule has 84 valence electrons. The van der Waals surface area contributed by atoms with Crippen LogP contribution in [-0.4, -0.2) is 24.6 Å². The van der Waals surface area contributed by atoms with Crippen LogP contribution in [0.1, 0.15) is 19.8 Å². The van der Waals surface area contributed by atoms with Gasteiger partial charge < -0.3 is 10.6 Å². The number of nitrogens with one attached hydrogen (secondary N) is 2. The first kappa shape index (κ1) is 11.2. The van der Waals surface area contributed by atoms with Gasteiger partial charge in [0.2, 0.25) is 0 Å². The standard InChI is InChI=1S/C10H16ClN3S/c1-10(3-2-4-12-6-10)7-13-9-14-8(11)5-15-9/h5,12H,2-4,6-7H2,1H3,(H,13,14). The van der Waals surface area contributed by atoms with E-state index in [1.54, 1.807) is 11.3 Å². The summed E-state index contributed by atoms with van der Waals surface area (Å²) in [6.45, 7) is 5.50. The van der Waals surface area contributed by atoms with Gasteiger partial charge >= 0.3 is 0 Å². The Bertz CT molecular complexity index is 320. The zero-order chi connectivity index (χ0) is 10.7. The summed E-state index contributed by atoms with van der Waals surface area (Å²) in [5.74, 6) is 0. The number of anilines is 1. The highest BCUT2D eigenvalue weighted by Gasteiger charge is 2.26. The molecule has 1 aliphatic rings. The van der Waals surface area contributed by atoms with Crippen LogP contribution in [0.25, 0.3) is 0 Å². The Morgan fingerprint density at radius 3 is 3.20 bits per heavy atom. The fraction of sp³-hybridized carbons (Fsp3) is 0.700. The van der Waals surface area contributed by atoms with E-state index in [9.17, 15) is 0 Å². The van der Waals surface area contributed by atoms with Crippen LogP contribution < -0.4 is 10.6 Å². The van der Waals surface area contributed by atoms with Gasteiger partial charge in [-0.15, -0.1) is 11.3 Å². The maximum Gasteiger partial charge on any atom is 0.184 e. The van der Waals surface area contributed by atoms with Crippen molar-refractivity contribution < 1.29 is 0 Å². The molecule has 1 aromatic rings. The second-order valence-corrected chi connectivity index (χ2v) is 5.67. The van der Waals surface area contributed by atoms with Gasteiger partial charge in [0.15, 0.2) is 5.13 Å². The van der Waals surface area contributed by atoms with E-state index in [-0.39, 0.29) is 0 Å². The molecule has 1 atom stereocenters. The molecule has 0 amide bonds. The third-order valence-corrected chi connectivity index (χ3v) is 3.95. The largest absolute Gasteiger partial charge is 0.361 e. The topological polar surface area (TPSA) is 37.0 Å². The van der Waals surface area contributed by atoms with Crippen molar-refractivity contribution in [1.82, 2.24) is 10.3 Å². The zero-order valence-corrected chi connectivity index (χ0v) is 10.4. The van der Waals surface area contributed by atoms with Crippen LogP contribution in [0.5, 0.6) is 0 Å². The van der Waals surface area contributed by atoms with Crippen molar-refractivity contribution >= 4 is 28.1 Å². The number of rotatable bonds is 3. The van der Waals surface area contributed by atoms with Gasteiger partial charge in [-0.2, -0.15) is 0 Å². The minimum Gasteiger partial charge on any atom is -0.361 e. The second kappa shape index (κ2) is 4.68. The van der Waals surface area contributed by atoms with E-state index >= 15 is 0 Å². The van der Waals surface area contributed by atoms with Gasteiger partial charge in [0.1, 0.15) is 5.15 Å². The van der Waals surface area contributed by atoms with Gasteiger partial charge in [-0.05, 0) is 24.8 Å². The monoisotopic (exact) mass is 245 g/mol. The lowest BCUT2D eigenvalue weighted by Gasteiger charge is -2.34. The molecule has 2 heterocycles. The first-order valence-electron chi connectivity index (χ1n) is 5.24. The van der Waals surface area contributed by atoms with Crippen molar-refractivity contribution in [2.24, 2.45) is 5.41 Å². The molecule has 2 rings (SSSR count). The summed E-state index contributed by atoms with van der Waals surface area (Å²) in [7, 11) is 0. The third kappa shape index (κ3) is 3.06. The third-order valence-electron chi connectivity index (χ3n) is 2.83. The summed E-state index contributed by atoms with van der Waals surface area (Å²) >= 11 is 7.33. The molecule has 15 heavy (non-hydrogen) atoms. The molecule has 3 nitrogen and oxygen atoms in total. The molecule has 0 bridgehead atoms. The number of thiazole rings is 1. The molecule has 0 aliphatic carbocycles. The number of piperidine rings is 1. The van der Waals surface area contributed by atoms with Crippen molar-refractivity contribution in [1.29, 1.82) is 0 Å². The fourth-order valence-electron chi connectivity index (χ4n) is 1.89. The highest BCUT2D eigenvalue weighted by atomic mass is 35.5. The van der Waals surface area contributed by atoms with E-state index in [0.717, 1.165) is 24.8 Å². The number of halogens is 1. The molecule has 0 spiro atoms. The van der Waals surface area contributed by atoms with E-state index in [2.05, 4.69) is 22.5 Å². The Hall–Kier alpha value is -0.320. The van der Waals surface area contributed by atoms with Crippen molar-refractivity contribution in [2.75, 3.05) is 25.0 Å². The Labute approximate surface area is 99.2 Å². The van der Waals surface area contributed by atoms with Gasteiger partial charge in [0.25, 0.3) is 0 Å². The van der Waals surface area contributed by atoms with E-state index in [1.165, 1.54) is 12.8 Å². The van der Waals surface area contributed by atoms with Crippen LogP contribution >= 0.6 is 22.9 Å². The molecule has 1 aliphatic heterocycles. The van der Waals surface area contributed by atoms with Crippen LogP contribution in [0.15, 0.2) is 5.38 Å². The highest BCUT2D eigenvalue weighted by Crippen LogP contribution is 2.27. The SMILES string of the molecule is CC1(CNc2nc(Cl)cs2)CCCNC1. The van der Waals surface area contributed by atoms with Crippen LogP contribution in [0, 0.1) is 5.41 Å². The van der Waals surface area contributed by atoms with Crippen molar-refractivity contribution in [3.63, 3.8) is 0 Å². The van der Waals surface area contributed by atoms with E-state index in [4.69, 9.17) is 11.6 Å². The Kier molecular flexibility index (Phi) is 3.49. The molecule has 0 radical (unpaired) electrons. The zero-order valence-electron chi connectivity index (χ0n) is 8.85. The Morgan fingerprint density at radius 1 is 1.73 bits per heavy atom. The maximum atomic E-state index is 5.76. The van der Waals surface area contributed by atoms with Crippen molar-refractivity contribution in [3.05, 3.63) is 10.5 Å². The summed E-state index contributed by atoms with van der Waals surface area (Å²) in [5, 5.41) is 10.1. The summed E-state index contributed by atoms with van der Waals surface area (Å²) in [5.41, 5.74) is 0.344. The van der Waals surface area contributed by atoms with E-state index in [0.29, 0.717) is 10.6 Å². The number of nitrogens with zero attached hydrogens (tertiary/aromatic N) is 1. The molecule has 1 unspecified atom stereocenters. The number of hydrogen-bond acceptors (Lipinski definition) is 4. The predicted molar refractivity (Wildman–Crippen MR) is 65.8 cm³/mol. The first-order chi connectivity index (χ1) is 7.18. The smallest absolute Gasteiger partial charge is 0.184 e. The first-order valence-corrected chi connectivity index (χ1v) is 6.49. The summed E-state index contributed by atoms with van der Waals surface area (Å²) in [6.07, 6.45) is 2.53. The lowest BCUT2D eigenvalue weighted by molar-refractivity contribution is 0.253. The van der Waals surface area contributed by atoms with Crippen LogP contribution in [0.4, 0.5) is 5.13 Å². The lowest BCUT2D eigenvalue weighted by Crippen LogP contribution is -2.42. The Morgan fingerprint density at radius 2 is 2.60 bits per heavy atom. The molecular weight excluding hydrogens is 230 g/mol. The van der Waals surface area contributed by atoms with Gasteiger partial charge in [-0.25, -0.2) is 4.98 Å². The van der Waals surface area contributed by atoms with Crippen molar-refractivity contribution in [2.45, 2.75) is 19.8 Å². The van der Waals surface area contributed by atoms with Gasteiger partial charge in [-0.3, -0.25) is 0 Å². The van der Waals surface area contributed by atoms with Crippen molar-refractivity contribution in [3.8, 4) is 0 Å². The molecule has 5 heteroatoms. The molecule has 2 N–H and O–H groups in total. The van der Waals surface area contributed by atoms with E-state index in [1.807, 2.05) is 5.38 Å². The number of aromatic nitrogens is 1. The summed E-state index contributed by atoms with van der Waals surface area (Å²) in [4.78, 5) is 4.18. The normalized spacial score (nSPS) is 26.5. The average Bonchev–Trinajstić information content (AvgIpc) is 2.63. The van der Waals surface area contributed by atoms with Crippen LogP contribution in [-0.2, 0) is 0 Å². The molecular formula is C10H16ClN3S. The minimum atomic E-state index is 0.344. The summed E-state index contributed by atoms with van der Waals surface area (Å²) in [6, 6.07) is 0. The Balaban J connectivity index is 1.86. The molecule has 0 saturated carbocycles. The molecule has 1 saturated heterocycles. The lowest BCUT2D eigenvalue weighted by atomic mass is 9.83. The quantitative estimate of drug-likeness (QED) is 0.860. The average molecular weight is 246 g/mol.